The average molecular weight is 635 g/mol. The molecule has 0 aliphatic carbocycles. The quantitative estimate of drug-likeness (QED) is 0.240. The molecule has 9 nitrogen and oxygen atoms in total. The van der Waals surface area contributed by atoms with E-state index < -0.39 is 22.6 Å². The summed E-state index contributed by atoms with van der Waals surface area (Å²) in [5.74, 6) is 5.77. The zero-order valence-electron chi connectivity index (χ0n) is 25.1. The molecular weight excluding hydrogens is 597 g/mol. The first-order valence-corrected chi connectivity index (χ1v) is 16.1. The van der Waals surface area contributed by atoms with Crippen LogP contribution >= 0.6 is 0 Å². The van der Waals surface area contributed by atoms with Gasteiger partial charge in [0.05, 0.1) is 35.4 Å². The molecule has 1 aliphatic heterocycles. The van der Waals surface area contributed by atoms with Gasteiger partial charge in [-0.2, -0.15) is 13.2 Å². The van der Waals surface area contributed by atoms with Crippen LogP contribution in [-0.4, -0.2) is 81.7 Å². The number of hydrogen-bond donors (Lipinski definition) is 2. The zero-order valence-corrected chi connectivity index (χ0v) is 25.9. The van der Waals surface area contributed by atoms with Gasteiger partial charge >= 0.3 is 12.1 Å². The van der Waals surface area contributed by atoms with Gasteiger partial charge in [-0.15, -0.1) is 0 Å². The minimum absolute atomic E-state index is 0.0852. The summed E-state index contributed by atoms with van der Waals surface area (Å²) in [6, 6.07) is 11.5. The molecule has 0 radical (unpaired) electrons. The molecule has 44 heavy (non-hydrogen) atoms. The lowest BCUT2D eigenvalue weighted by Gasteiger charge is -2.34. The fourth-order valence-corrected chi connectivity index (χ4v) is 5.99. The molecule has 238 valence electrons. The molecule has 2 N–H and O–H groups in total. The van der Waals surface area contributed by atoms with Gasteiger partial charge < -0.3 is 24.7 Å². The Labute approximate surface area is 255 Å². The van der Waals surface area contributed by atoms with E-state index in [4.69, 9.17) is 9.47 Å². The Morgan fingerprint density at radius 1 is 1.14 bits per heavy atom. The van der Waals surface area contributed by atoms with Crippen LogP contribution < -0.4 is 15.4 Å². The third kappa shape index (κ3) is 8.83. The molecule has 0 bridgehead atoms. The van der Waals surface area contributed by atoms with Crippen LogP contribution in [0.15, 0.2) is 47.4 Å². The highest BCUT2D eigenvalue weighted by molar-refractivity contribution is 7.90. The third-order valence-electron chi connectivity index (χ3n) is 7.30. The molecule has 2 aromatic carbocycles. The normalized spacial score (nSPS) is 15.3. The van der Waals surface area contributed by atoms with E-state index in [0.717, 1.165) is 37.9 Å². The van der Waals surface area contributed by atoms with Crippen molar-refractivity contribution in [1.82, 2.24) is 9.47 Å². The second kappa shape index (κ2) is 13.8. The lowest BCUT2D eigenvalue weighted by atomic mass is 10.0. The number of benzene rings is 2. The van der Waals surface area contributed by atoms with Gasteiger partial charge in [-0.1, -0.05) is 12.0 Å². The van der Waals surface area contributed by atoms with Crippen LogP contribution in [0.4, 0.5) is 24.5 Å². The van der Waals surface area contributed by atoms with Crippen LogP contribution in [0, 0.1) is 11.8 Å². The average Bonchev–Trinajstić information content (AvgIpc) is 3.27. The van der Waals surface area contributed by atoms with Gasteiger partial charge in [-0.25, -0.2) is 8.42 Å². The summed E-state index contributed by atoms with van der Waals surface area (Å²) in [5, 5.41) is 7.22. The van der Waals surface area contributed by atoms with Crippen molar-refractivity contribution in [2.75, 3.05) is 50.2 Å². The van der Waals surface area contributed by atoms with Gasteiger partial charge in [-0.3, -0.25) is 9.69 Å². The van der Waals surface area contributed by atoms with Gasteiger partial charge in [0.2, 0.25) is 0 Å². The molecular formula is C31H37F3N4O5S. The fourth-order valence-electron chi connectivity index (χ4n) is 5.35. The number of aromatic nitrogens is 1. The second-order valence-electron chi connectivity index (χ2n) is 10.9. The van der Waals surface area contributed by atoms with Gasteiger partial charge in [0.25, 0.3) is 0 Å². The van der Waals surface area contributed by atoms with Crippen molar-refractivity contribution in [2.24, 2.45) is 0 Å². The lowest BCUT2D eigenvalue weighted by Crippen LogP contribution is -2.42. The van der Waals surface area contributed by atoms with E-state index in [1.165, 1.54) is 30.7 Å². The second-order valence-corrected chi connectivity index (χ2v) is 12.9. The predicted molar refractivity (Wildman–Crippen MR) is 164 cm³/mol. The van der Waals surface area contributed by atoms with E-state index in [2.05, 4.69) is 27.4 Å². The van der Waals surface area contributed by atoms with Crippen LogP contribution in [-0.2, 0) is 25.9 Å². The SMILES string of the molecule is COc1cc(S(C)(=O)=O)ccc1NCC#Cc1cc2c(NC3CCN(CC(C)OC(C)=O)CC3)cccc2n1CC(F)(F)F. The van der Waals surface area contributed by atoms with Crippen molar-refractivity contribution in [3.63, 3.8) is 0 Å². The Morgan fingerprint density at radius 2 is 1.86 bits per heavy atom. The maximum absolute atomic E-state index is 13.6. The minimum atomic E-state index is -4.45. The van der Waals surface area contributed by atoms with Gasteiger partial charge in [0, 0.05) is 56.0 Å². The molecule has 0 amide bonds. The largest absolute Gasteiger partial charge is 0.495 e. The molecule has 2 heterocycles. The van der Waals surface area contributed by atoms with E-state index in [1.807, 2.05) is 13.0 Å². The third-order valence-corrected chi connectivity index (χ3v) is 8.41. The Balaban J connectivity index is 1.50. The number of anilines is 2. The number of halogens is 3. The molecule has 1 unspecified atom stereocenters. The number of likely N-dealkylation sites (tertiary alicyclic amines) is 1. The number of fused-ring (bicyclic) bond motifs is 1. The Morgan fingerprint density at radius 3 is 2.50 bits per heavy atom. The standard InChI is InChI=1S/C31H37F3N4O5S/c1-21(43-22(2)39)19-37-15-12-23(13-16-37)36-27-8-5-9-29-26(27)17-24(38(29)20-31(32,33)34)7-6-14-35-28-11-10-25(44(4,40)41)18-30(28)42-3/h5,8-11,17-18,21,23,35-36H,12-16,19-20H2,1-4H3. The number of ether oxygens (including phenoxy) is 2. The highest BCUT2D eigenvalue weighted by Crippen LogP contribution is 2.32. The molecule has 1 saturated heterocycles. The summed E-state index contributed by atoms with van der Waals surface area (Å²) in [7, 11) is -2.01. The van der Waals surface area contributed by atoms with E-state index >= 15 is 0 Å². The number of methoxy groups -OCH3 is 1. The molecule has 4 rings (SSSR count). The molecule has 0 spiro atoms. The Bertz CT molecular complexity index is 1650. The summed E-state index contributed by atoms with van der Waals surface area (Å²) >= 11 is 0. The summed E-state index contributed by atoms with van der Waals surface area (Å²) in [5.41, 5.74) is 1.90. The maximum atomic E-state index is 13.6. The summed E-state index contributed by atoms with van der Waals surface area (Å²) in [4.78, 5) is 13.5. The van der Waals surface area contributed by atoms with Crippen LogP contribution in [0.1, 0.15) is 32.4 Å². The van der Waals surface area contributed by atoms with Crippen molar-refractivity contribution in [3.8, 4) is 17.6 Å². The Kier molecular flexibility index (Phi) is 10.4. The molecule has 1 aromatic heterocycles. The number of hydrogen-bond acceptors (Lipinski definition) is 8. The van der Waals surface area contributed by atoms with Crippen molar-refractivity contribution in [2.45, 2.75) is 56.5 Å². The maximum Gasteiger partial charge on any atom is 0.406 e. The summed E-state index contributed by atoms with van der Waals surface area (Å²) in [6.45, 7) is 4.42. The van der Waals surface area contributed by atoms with Crippen LogP contribution in [0.5, 0.6) is 5.75 Å². The number of nitrogens with zero attached hydrogens (tertiary/aromatic N) is 2. The highest BCUT2D eigenvalue weighted by atomic mass is 32.2. The van der Waals surface area contributed by atoms with Crippen molar-refractivity contribution >= 4 is 38.1 Å². The fraction of sp³-hybridized carbons (Fsp3) is 0.452. The predicted octanol–water partition coefficient (Wildman–Crippen LogP) is 4.91. The number of piperidine rings is 1. The van der Waals surface area contributed by atoms with E-state index in [-0.39, 0.29) is 35.2 Å². The number of sulfone groups is 1. The van der Waals surface area contributed by atoms with Crippen molar-refractivity contribution in [1.29, 1.82) is 0 Å². The highest BCUT2D eigenvalue weighted by Gasteiger charge is 2.30. The summed E-state index contributed by atoms with van der Waals surface area (Å²) < 4.78 is 76.3. The van der Waals surface area contributed by atoms with Crippen molar-refractivity contribution in [3.05, 3.63) is 48.2 Å². The Hall–Kier alpha value is -3.89. The number of alkyl halides is 3. The minimum Gasteiger partial charge on any atom is -0.495 e. The zero-order chi connectivity index (χ0) is 32.1. The van der Waals surface area contributed by atoms with Crippen LogP contribution in [0.3, 0.4) is 0 Å². The topological polar surface area (TPSA) is 102 Å². The van der Waals surface area contributed by atoms with Gasteiger partial charge in [0.1, 0.15) is 18.4 Å². The first kappa shape index (κ1) is 33.0. The van der Waals surface area contributed by atoms with Crippen LogP contribution in [0.2, 0.25) is 0 Å². The lowest BCUT2D eigenvalue weighted by molar-refractivity contribution is -0.146. The van der Waals surface area contributed by atoms with Crippen molar-refractivity contribution < 1.29 is 35.9 Å². The molecule has 1 aliphatic rings. The number of carbonyl (C=O) groups excluding carboxylic acids is 1. The molecule has 1 atom stereocenters. The van der Waals surface area contributed by atoms with E-state index in [1.54, 1.807) is 24.3 Å². The number of carbonyl (C=O) groups is 1. The summed E-state index contributed by atoms with van der Waals surface area (Å²) in [6.07, 6.45) is -1.88. The number of rotatable bonds is 10. The number of esters is 1. The molecule has 3 aromatic rings. The van der Waals surface area contributed by atoms with E-state index in [9.17, 15) is 26.4 Å². The van der Waals surface area contributed by atoms with Gasteiger partial charge in [0.15, 0.2) is 9.84 Å². The van der Waals surface area contributed by atoms with Crippen LogP contribution in [0.25, 0.3) is 10.9 Å². The first-order valence-electron chi connectivity index (χ1n) is 14.2. The monoisotopic (exact) mass is 634 g/mol. The number of nitrogens with one attached hydrogen (secondary N) is 2. The molecule has 1 fully saturated rings. The molecule has 13 heteroatoms. The smallest absolute Gasteiger partial charge is 0.406 e. The molecule has 0 saturated carbocycles. The van der Waals surface area contributed by atoms with Gasteiger partial charge in [-0.05, 0) is 56.0 Å². The first-order chi connectivity index (χ1) is 20.7. The van der Waals surface area contributed by atoms with E-state index in [0.29, 0.717) is 28.9 Å².